The molecule has 1 aromatic rings. The van der Waals surface area contributed by atoms with Gasteiger partial charge in [0.25, 0.3) is 5.91 Å². The van der Waals surface area contributed by atoms with Crippen LogP contribution in [-0.2, 0) is 19.2 Å². The summed E-state index contributed by atoms with van der Waals surface area (Å²) < 4.78 is 5.15. The van der Waals surface area contributed by atoms with Crippen LogP contribution in [0.5, 0.6) is 5.75 Å². The number of carbonyl (C=O) groups is 5. The lowest BCUT2D eigenvalue weighted by atomic mass is 10.1. The average molecular weight is 469 g/mol. The lowest BCUT2D eigenvalue weighted by molar-refractivity contribution is -0.141. The molecule has 12 heteroatoms. The van der Waals surface area contributed by atoms with Crippen LogP contribution in [0, 0.1) is 0 Å². The van der Waals surface area contributed by atoms with E-state index in [4.69, 9.17) is 27.2 Å². The number of likely N-dealkylation sites (tertiary alicyclic amines) is 1. The molecular weight excluding hydrogens is 444 g/mol. The van der Waals surface area contributed by atoms with E-state index in [-0.39, 0.29) is 28.6 Å². The van der Waals surface area contributed by atoms with Crippen LogP contribution in [0.3, 0.4) is 0 Å². The second kappa shape index (κ2) is 10.8. The van der Waals surface area contributed by atoms with Crippen molar-refractivity contribution in [2.75, 3.05) is 19.4 Å². The number of rotatable bonds is 9. The molecule has 0 aromatic heterocycles. The number of nitrogens with one attached hydrogen (secondary N) is 2. The average Bonchev–Trinajstić information content (AvgIpc) is 3.23. The summed E-state index contributed by atoms with van der Waals surface area (Å²) in [6, 6.07) is -0.338. The number of aliphatic carboxylic acids is 1. The lowest BCUT2D eigenvalue weighted by Crippen LogP contribution is -2.54. The number of hydrogen-bond donors (Lipinski definition) is 4. The van der Waals surface area contributed by atoms with Gasteiger partial charge in [-0.2, -0.15) is 0 Å². The van der Waals surface area contributed by atoms with Crippen molar-refractivity contribution in [2.45, 2.75) is 44.3 Å². The van der Waals surface area contributed by atoms with Crippen LogP contribution >= 0.6 is 11.6 Å². The van der Waals surface area contributed by atoms with Crippen molar-refractivity contribution in [1.29, 1.82) is 0 Å². The Bertz CT molecular complexity index is 923. The van der Waals surface area contributed by atoms with E-state index < -0.39 is 48.2 Å². The molecule has 3 amide bonds. The molecule has 1 heterocycles. The van der Waals surface area contributed by atoms with Crippen molar-refractivity contribution in [2.24, 2.45) is 0 Å². The van der Waals surface area contributed by atoms with Gasteiger partial charge in [-0.05, 0) is 25.8 Å². The molecule has 0 spiro atoms. The van der Waals surface area contributed by atoms with Crippen LogP contribution in [0.1, 0.15) is 36.5 Å². The van der Waals surface area contributed by atoms with Gasteiger partial charge in [0, 0.05) is 12.6 Å². The summed E-state index contributed by atoms with van der Waals surface area (Å²) in [6.07, 6.45) is 0.657. The molecule has 1 aromatic carbocycles. The summed E-state index contributed by atoms with van der Waals surface area (Å²) in [5, 5.41) is 13.9. The van der Waals surface area contributed by atoms with Crippen molar-refractivity contribution in [3.05, 3.63) is 22.7 Å². The van der Waals surface area contributed by atoms with Gasteiger partial charge in [0.1, 0.15) is 24.1 Å². The fourth-order valence-corrected chi connectivity index (χ4v) is 3.57. The first-order chi connectivity index (χ1) is 15.1. The first-order valence-electron chi connectivity index (χ1n) is 9.80. The molecule has 3 atom stereocenters. The molecule has 1 aliphatic rings. The minimum atomic E-state index is -1.24. The summed E-state index contributed by atoms with van der Waals surface area (Å²) in [6.45, 7) is 1.75. The number of amides is 3. The largest absolute Gasteiger partial charge is 0.496 e. The molecule has 1 unspecified atom stereocenters. The van der Waals surface area contributed by atoms with E-state index in [1.54, 1.807) is 0 Å². The third-order valence-electron chi connectivity index (χ3n) is 5.01. The van der Waals surface area contributed by atoms with Gasteiger partial charge in [-0.15, -0.1) is 0 Å². The highest BCUT2D eigenvalue weighted by Crippen LogP contribution is 2.29. The first-order valence-corrected chi connectivity index (χ1v) is 10.2. The highest BCUT2D eigenvalue weighted by Gasteiger charge is 2.37. The van der Waals surface area contributed by atoms with Gasteiger partial charge in [-0.1, -0.05) is 11.6 Å². The van der Waals surface area contributed by atoms with E-state index in [9.17, 15) is 24.0 Å². The van der Waals surface area contributed by atoms with Crippen molar-refractivity contribution in [3.8, 4) is 5.75 Å². The number of methoxy groups -OCH3 is 1. The number of hydrogen-bond acceptors (Lipinski definition) is 7. The van der Waals surface area contributed by atoms with E-state index in [1.807, 2.05) is 0 Å². The highest BCUT2D eigenvalue weighted by atomic mass is 35.5. The molecule has 0 radical (unpaired) electrons. The van der Waals surface area contributed by atoms with Crippen LogP contribution in [-0.4, -0.2) is 71.8 Å². The molecule has 32 heavy (non-hydrogen) atoms. The maximum Gasteiger partial charge on any atom is 0.305 e. The predicted octanol–water partition coefficient (Wildman–Crippen LogP) is 0.199. The number of aldehydes is 1. The zero-order valence-electron chi connectivity index (χ0n) is 17.6. The highest BCUT2D eigenvalue weighted by molar-refractivity contribution is 6.33. The van der Waals surface area contributed by atoms with E-state index in [2.05, 4.69) is 10.6 Å². The third-order valence-corrected chi connectivity index (χ3v) is 5.33. The summed E-state index contributed by atoms with van der Waals surface area (Å²) >= 11 is 5.99. The van der Waals surface area contributed by atoms with Crippen molar-refractivity contribution in [1.82, 2.24) is 15.5 Å². The Labute approximate surface area is 189 Å². The number of carboxylic acid groups (broad SMARTS) is 1. The van der Waals surface area contributed by atoms with Crippen LogP contribution in [0.2, 0.25) is 5.02 Å². The minimum absolute atomic E-state index is 0.0876. The minimum Gasteiger partial charge on any atom is -0.496 e. The van der Waals surface area contributed by atoms with Gasteiger partial charge in [0.2, 0.25) is 11.8 Å². The third kappa shape index (κ3) is 5.88. The topological polar surface area (TPSA) is 168 Å². The smallest absolute Gasteiger partial charge is 0.305 e. The zero-order chi connectivity index (χ0) is 24.0. The Morgan fingerprint density at radius 2 is 2.03 bits per heavy atom. The molecule has 0 aliphatic carbocycles. The number of nitrogens with two attached hydrogens (primary N) is 1. The van der Waals surface area contributed by atoms with Crippen molar-refractivity contribution in [3.63, 3.8) is 0 Å². The van der Waals surface area contributed by atoms with Crippen molar-refractivity contribution < 1.29 is 33.8 Å². The number of anilines is 1. The van der Waals surface area contributed by atoms with Gasteiger partial charge in [-0.25, -0.2) is 0 Å². The molecule has 0 saturated carbocycles. The van der Waals surface area contributed by atoms with Gasteiger partial charge >= 0.3 is 5.97 Å². The number of benzene rings is 1. The summed E-state index contributed by atoms with van der Waals surface area (Å²) in [4.78, 5) is 61.3. The second-order valence-corrected chi connectivity index (χ2v) is 7.72. The molecule has 11 nitrogen and oxygen atoms in total. The summed E-state index contributed by atoms with van der Waals surface area (Å²) in [5.41, 5.74) is 6.03. The number of nitrogen functional groups attached to an aromatic ring is 1. The molecule has 0 bridgehead atoms. The first kappa shape index (κ1) is 24.9. The Morgan fingerprint density at radius 1 is 1.34 bits per heavy atom. The Balaban J connectivity index is 2.08. The van der Waals surface area contributed by atoms with Crippen LogP contribution in [0.4, 0.5) is 5.69 Å². The van der Waals surface area contributed by atoms with Gasteiger partial charge in [-0.3, -0.25) is 19.2 Å². The fourth-order valence-electron chi connectivity index (χ4n) is 3.40. The van der Waals surface area contributed by atoms with Gasteiger partial charge < -0.3 is 35.9 Å². The van der Waals surface area contributed by atoms with E-state index in [0.717, 1.165) is 0 Å². The van der Waals surface area contributed by atoms with Gasteiger partial charge in [0.05, 0.1) is 35.8 Å². The lowest BCUT2D eigenvalue weighted by Gasteiger charge is -2.28. The maximum atomic E-state index is 12.9. The SMILES string of the molecule is COc1cc(N)c(Cl)cc1C(=O)N[C@@H](C)C(=O)N1CCCC1C(=O)N[C@H](C=O)CC(=O)O. The fraction of sp³-hybridized carbons (Fsp3) is 0.450. The number of carbonyl (C=O) groups excluding carboxylic acids is 4. The Hall–Kier alpha value is -3.34. The summed E-state index contributed by atoms with van der Waals surface area (Å²) in [5.74, 6) is -2.80. The second-order valence-electron chi connectivity index (χ2n) is 7.31. The molecule has 5 N–H and O–H groups in total. The van der Waals surface area contributed by atoms with E-state index in [0.29, 0.717) is 19.1 Å². The van der Waals surface area contributed by atoms with Crippen LogP contribution in [0.25, 0.3) is 0 Å². The predicted molar refractivity (Wildman–Crippen MR) is 114 cm³/mol. The molecule has 1 fully saturated rings. The van der Waals surface area contributed by atoms with Crippen molar-refractivity contribution >= 4 is 47.3 Å². The quantitative estimate of drug-likeness (QED) is 0.294. The maximum absolute atomic E-state index is 12.9. The van der Waals surface area contributed by atoms with E-state index >= 15 is 0 Å². The molecule has 1 aliphatic heterocycles. The molecule has 174 valence electrons. The van der Waals surface area contributed by atoms with Crippen LogP contribution in [0.15, 0.2) is 12.1 Å². The number of halogens is 1. The standard InChI is InChI=1S/C20H25ClN4O7/c1-10(23-18(29)12-7-13(21)14(22)8-16(12)32-2)20(31)25-5-3-4-15(25)19(30)24-11(9-26)6-17(27)28/h7-11,15H,3-6,22H2,1-2H3,(H,23,29)(H,24,30)(H,27,28)/t10-,11-,15?/m0/s1. The molecular formula is C20H25ClN4O7. The molecule has 2 rings (SSSR count). The zero-order valence-corrected chi connectivity index (χ0v) is 18.3. The monoisotopic (exact) mass is 468 g/mol. The number of carboxylic acids is 1. The normalized spacial score (nSPS) is 17.2. The number of ether oxygens (including phenoxy) is 1. The van der Waals surface area contributed by atoms with Gasteiger partial charge in [0.15, 0.2) is 0 Å². The van der Waals surface area contributed by atoms with E-state index in [1.165, 1.54) is 31.1 Å². The Morgan fingerprint density at radius 3 is 2.62 bits per heavy atom. The van der Waals surface area contributed by atoms with Crippen LogP contribution < -0.4 is 21.1 Å². The Kier molecular flexibility index (Phi) is 8.41. The summed E-state index contributed by atoms with van der Waals surface area (Å²) in [7, 11) is 1.36. The number of nitrogens with zero attached hydrogens (tertiary/aromatic N) is 1. The molecule has 1 saturated heterocycles.